The molecule has 0 radical (unpaired) electrons. The molecular formula is C17H23ClN2O2. The number of benzene rings is 1. The minimum Gasteiger partial charge on any atom is -0.375 e. The molecule has 1 heterocycles. The molecule has 0 aromatic heterocycles. The molecule has 1 atom stereocenters. The van der Waals surface area contributed by atoms with Crippen LogP contribution in [0.2, 0.25) is 5.02 Å². The van der Waals surface area contributed by atoms with Crippen LogP contribution < -0.4 is 5.32 Å². The molecule has 5 heteroatoms. The maximum absolute atomic E-state index is 12.0. The van der Waals surface area contributed by atoms with Crippen molar-refractivity contribution < 1.29 is 9.53 Å². The fourth-order valence-corrected chi connectivity index (χ4v) is 3.14. The van der Waals surface area contributed by atoms with Gasteiger partial charge in [-0.1, -0.05) is 23.7 Å². The third-order valence-electron chi connectivity index (χ3n) is 4.32. The molecule has 1 unspecified atom stereocenters. The van der Waals surface area contributed by atoms with Gasteiger partial charge < -0.3 is 10.1 Å². The average molecular weight is 323 g/mol. The molecule has 1 aromatic carbocycles. The molecule has 1 aliphatic carbocycles. The maximum atomic E-state index is 12.0. The second-order valence-electron chi connectivity index (χ2n) is 6.21. The molecule has 1 aromatic rings. The van der Waals surface area contributed by atoms with Crippen LogP contribution in [0.4, 0.5) is 0 Å². The van der Waals surface area contributed by atoms with Gasteiger partial charge in [0, 0.05) is 24.7 Å². The second kappa shape index (κ2) is 7.44. The number of nitrogens with zero attached hydrogens (tertiary/aromatic N) is 1. The van der Waals surface area contributed by atoms with Crippen molar-refractivity contribution in [2.45, 2.75) is 25.4 Å². The Morgan fingerprint density at radius 1 is 1.41 bits per heavy atom. The van der Waals surface area contributed by atoms with Crippen molar-refractivity contribution in [3.05, 3.63) is 34.9 Å². The average Bonchev–Trinajstić information content (AvgIpc) is 3.32. The smallest absolute Gasteiger partial charge is 0.234 e. The molecule has 120 valence electrons. The van der Waals surface area contributed by atoms with E-state index in [4.69, 9.17) is 16.3 Å². The third kappa shape index (κ3) is 4.70. The Kier molecular flexibility index (Phi) is 5.34. The number of ether oxygens (including phenoxy) is 1. The second-order valence-corrected chi connectivity index (χ2v) is 6.65. The van der Waals surface area contributed by atoms with Gasteiger partial charge in [-0.25, -0.2) is 0 Å². The van der Waals surface area contributed by atoms with Crippen LogP contribution in [0.3, 0.4) is 0 Å². The van der Waals surface area contributed by atoms with Crippen molar-refractivity contribution in [1.29, 1.82) is 0 Å². The number of carbonyl (C=O) groups excluding carboxylic acids is 1. The summed E-state index contributed by atoms with van der Waals surface area (Å²) in [5.41, 5.74) is 1.15. The summed E-state index contributed by atoms with van der Waals surface area (Å²) >= 11 is 5.95. The Morgan fingerprint density at radius 3 is 3.05 bits per heavy atom. The van der Waals surface area contributed by atoms with Crippen LogP contribution >= 0.6 is 11.6 Å². The van der Waals surface area contributed by atoms with Gasteiger partial charge in [0.15, 0.2) is 0 Å². The first-order valence-electron chi connectivity index (χ1n) is 8.06. The Hall–Kier alpha value is -1.10. The first-order valence-corrected chi connectivity index (χ1v) is 8.43. The summed E-state index contributed by atoms with van der Waals surface area (Å²) in [6.07, 6.45) is 3.71. The Bertz CT molecular complexity index is 519. The van der Waals surface area contributed by atoms with Crippen LogP contribution in [0.25, 0.3) is 0 Å². The van der Waals surface area contributed by atoms with E-state index in [1.165, 1.54) is 12.8 Å². The molecule has 1 saturated heterocycles. The van der Waals surface area contributed by atoms with E-state index >= 15 is 0 Å². The van der Waals surface area contributed by atoms with E-state index < -0.39 is 0 Å². The zero-order chi connectivity index (χ0) is 15.4. The van der Waals surface area contributed by atoms with Crippen molar-refractivity contribution in [3.8, 4) is 0 Å². The fourth-order valence-electron chi connectivity index (χ4n) is 2.93. The number of hydrogen-bond donors (Lipinski definition) is 1. The van der Waals surface area contributed by atoms with Crippen LogP contribution in [0.15, 0.2) is 24.3 Å². The highest BCUT2D eigenvalue weighted by atomic mass is 35.5. The highest BCUT2D eigenvalue weighted by Gasteiger charge is 2.35. The first kappa shape index (κ1) is 15.8. The van der Waals surface area contributed by atoms with E-state index in [1.807, 2.05) is 24.3 Å². The number of amides is 1. The summed E-state index contributed by atoms with van der Waals surface area (Å²) in [6, 6.07) is 7.76. The van der Waals surface area contributed by atoms with Crippen molar-refractivity contribution in [3.63, 3.8) is 0 Å². The first-order chi connectivity index (χ1) is 10.7. The van der Waals surface area contributed by atoms with Crippen LogP contribution in [-0.2, 0) is 16.0 Å². The van der Waals surface area contributed by atoms with Crippen molar-refractivity contribution in [2.75, 3.05) is 32.8 Å². The summed E-state index contributed by atoms with van der Waals surface area (Å²) in [6.45, 7) is 3.62. The number of rotatable bonds is 6. The zero-order valence-corrected chi connectivity index (χ0v) is 13.5. The lowest BCUT2D eigenvalue weighted by molar-refractivity contribution is -0.124. The van der Waals surface area contributed by atoms with E-state index in [9.17, 15) is 4.79 Å². The van der Waals surface area contributed by atoms with E-state index in [0.717, 1.165) is 42.6 Å². The molecule has 0 bridgehead atoms. The van der Waals surface area contributed by atoms with E-state index in [2.05, 4.69) is 10.2 Å². The lowest BCUT2D eigenvalue weighted by Crippen LogP contribution is -2.47. The molecular weight excluding hydrogens is 300 g/mol. The van der Waals surface area contributed by atoms with Crippen LogP contribution in [0.5, 0.6) is 0 Å². The van der Waals surface area contributed by atoms with Gasteiger partial charge in [0.05, 0.1) is 19.3 Å². The zero-order valence-electron chi connectivity index (χ0n) is 12.8. The van der Waals surface area contributed by atoms with E-state index in [1.54, 1.807) is 0 Å². The van der Waals surface area contributed by atoms with Gasteiger partial charge in [-0.3, -0.25) is 9.69 Å². The highest BCUT2D eigenvalue weighted by molar-refractivity contribution is 6.30. The Balaban J connectivity index is 1.37. The van der Waals surface area contributed by atoms with Gasteiger partial charge in [-0.05, 0) is 42.9 Å². The lowest BCUT2D eigenvalue weighted by Gasteiger charge is -2.32. The molecule has 0 spiro atoms. The molecule has 1 amide bonds. The molecule has 2 fully saturated rings. The molecule has 4 nitrogen and oxygen atoms in total. The van der Waals surface area contributed by atoms with Crippen molar-refractivity contribution >= 4 is 17.5 Å². The number of nitrogens with one attached hydrogen (secondary N) is 1. The molecule has 1 saturated carbocycles. The fraction of sp³-hybridized carbons (Fsp3) is 0.588. The standard InChI is InChI=1S/C17H23ClN2O2/c18-15-3-1-2-13(10-15)6-7-19-17(21)12-20-8-9-22-16(11-20)14-4-5-14/h1-3,10,14,16H,4-9,11-12H2,(H,19,21). The topological polar surface area (TPSA) is 41.6 Å². The van der Waals surface area contributed by atoms with Gasteiger partial charge in [-0.15, -0.1) is 0 Å². The SMILES string of the molecule is O=C(CN1CCOC(C2CC2)C1)NCCc1cccc(Cl)c1. The summed E-state index contributed by atoms with van der Waals surface area (Å²) in [5, 5.41) is 3.73. The van der Waals surface area contributed by atoms with Gasteiger partial charge in [-0.2, -0.15) is 0 Å². The minimum atomic E-state index is 0.0958. The van der Waals surface area contributed by atoms with E-state index in [0.29, 0.717) is 19.2 Å². The highest BCUT2D eigenvalue weighted by Crippen LogP contribution is 2.35. The maximum Gasteiger partial charge on any atom is 0.234 e. The quantitative estimate of drug-likeness (QED) is 0.872. The number of carbonyl (C=O) groups is 1. The molecule has 2 aliphatic rings. The molecule has 1 N–H and O–H groups in total. The Labute approximate surface area is 136 Å². The predicted molar refractivity (Wildman–Crippen MR) is 87.1 cm³/mol. The summed E-state index contributed by atoms with van der Waals surface area (Å²) in [4.78, 5) is 14.3. The van der Waals surface area contributed by atoms with Crippen LogP contribution in [0.1, 0.15) is 18.4 Å². The monoisotopic (exact) mass is 322 g/mol. The molecule has 22 heavy (non-hydrogen) atoms. The largest absolute Gasteiger partial charge is 0.375 e. The summed E-state index contributed by atoms with van der Waals surface area (Å²) < 4.78 is 5.78. The van der Waals surface area contributed by atoms with Crippen molar-refractivity contribution in [1.82, 2.24) is 10.2 Å². The predicted octanol–water partition coefficient (Wildman–Crippen LogP) is 2.11. The number of hydrogen-bond acceptors (Lipinski definition) is 3. The molecule has 1 aliphatic heterocycles. The minimum absolute atomic E-state index is 0.0958. The third-order valence-corrected chi connectivity index (χ3v) is 4.55. The Morgan fingerprint density at radius 2 is 2.27 bits per heavy atom. The van der Waals surface area contributed by atoms with Crippen LogP contribution in [-0.4, -0.2) is 49.7 Å². The van der Waals surface area contributed by atoms with Gasteiger partial charge in [0.25, 0.3) is 0 Å². The molecule has 3 rings (SSSR count). The van der Waals surface area contributed by atoms with Gasteiger partial charge >= 0.3 is 0 Å². The lowest BCUT2D eigenvalue weighted by atomic mass is 10.1. The van der Waals surface area contributed by atoms with E-state index in [-0.39, 0.29) is 5.91 Å². The van der Waals surface area contributed by atoms with Crippen molar-refractivity contribution in [2.24, 2.45) is 5.92 Å². The summed E-state index contributed by atoms with van der Waals surface area (Å²) in [5.74, 6) is 0.826. The van der Waals surface area contributed by atoms with Gasteiger partial charge in [0.1, 0.15) is 0 Å². The normalized spacial score (nSPS) is 22.5. The number of morpholine rings is 1. The number of halogens is 1. The van der Waals surface area contributed by atoms with Gasteiger partial charge in [0.2, 0.25) is 5.91 Å². The van der Waals surface area contributed by atoms with Crippen LogP contribution in [0, 0.1) is 5.92 Å². The summed E-state index contributed by atoms with van der Waals surface area (Å²) in [7, 11) is 0.